The third-order valence-electron chi connectivity index (χ3n) is 6.03. The Morgan fingerprint density at radius 3 is 2.76 bits per heavy atom. The van der Waals surface area contributed by atoms with Crippen LogP contribution in [0.5, 0.6) is 11.5 Å². The Morgan fingerprint density at radius 1 is 0.941 bits per heavy atom. The minimum Gasteiger partial charge on any atom is -0.457 e. The van der Waals surface area contributed by atoms with Crippen LogP contribution in [0, 0.1) is 6.92 Å². The first-order chi connectivity index (χ1) is 16.7. The Hall–Kier alpha value is -4.18. The molecule has 0 bridgehead atoms. The van der Waals surface area contributed by atoms with Crippen LogP contribution in [0.15, 0.2) is 61.4 Å². The Morgan fingerprint density at radius 2 is 1.82 bits per heavy atom. The third kappa shape index (κ3) is 3.88. The molecule has 5 aromatic rings. The quantitative estimate of drug-likeness (QED) is 0.416. The van der Waals surface area contributed by atoms with Crippen LogP contribution in [0.1, 0.15) is 12.0 Å². The number of pyridine rings is 1. The Balaban J connectivity index is 1.27. The van der Waals surface area contributed by atoms with E-state index in [4.69, 9.17) is 4.74 Å². The van der Waals surface area contributed by atoms with Crippen LogP contribution in [0.3, 0.4) is 0 Å². The van der Waals surface area contributed by atoms with Gasteiger partial charge in [0.25, 0.3) is 0 Å². The number of ether oxygens (including phenoxy) is 1. The molecule has 0 saturated carbocycles. The number of rotatable bonds is 5. The molecule has 0 unspecified atom stereocenters. The van der Waals surface area contributed by atoms with Gasteiger partial charge in [-0.3, -0.25) is 0 Å². The van der Waals surface area contributed by atoms with Crippen molar-refractivity contribution < 1.29 is 4.74 Å². The summed E-state index contributed by atoms with van der Waals surface area (Å²) in [5.41, 5.74) is 4.80. The van der Waals surface area contributed by atoms with E-state index in [1.54, 1.807) is 10.8 Å². The van der Waals surface area contributed by atoms with Gasteiger partial charge in [-0.05, 0) is 55.8 Å². The van der Waals surface area contributed by atoms with Crippen LogP contribution in [0.25, 0.3) is 11.2 Å². The molecule has 1 saturated heterocycles. The average Bonchev–Trinajstić information content (AvgIpc) is 3.41. The molecule has 1 aliphatic rings. The van der Waals surface area contributed by atoms with Gasteiger partial charge in [0.2, 0.25) is 0 Å². The number of nitrogens with one attached hydrogen (secondary N) is 2. The van der Waals surface area contributed by atoms with E-state index in [9.17, 15) is 0 Å². The van der Waals surface area contributed by atoms with Crippen LogP contribution >= 0.6 is 0 Å². The van der Waals surface area contributed by atoms with Crippen molar-refractivity contribution >= 4 is 28.4 Å². The summed E-state index contributed by atoms with van der Waals surface area (Å²) in [4.78, 5) is 11.2. The molecule has 0 atom stereocenters. The van der Waals surface area contributed by atoms with E-state index >= 15 is 0 Å². The molecule has 10 heteroatoms. The van der Waals surface area contributed by atoms with E-state index in [0.717, 1.165) is 72.3 Å². The van der Waals surface area contributed by atoms with Crippen LogP contribution in [0.2, 0.25) is 0 Å². The molecule has 0 amide bonds. The van der Waals surface area contributed by atoms with Gasteiger partial charge in [-0.2, -0.15) is 10.2 Å². The molecule has 5 heterocycles. The lowest BCUT2D eigenvalue weighted by atomic mass is 10.2. The highest BCUT2D eigenvalue weighted by Crippen LogP contribution is 2.32. The fourth-order valence-corrected chi connectivity index (χ4v) is 4.34. The summed E-state index contributed by atoms with van der Waals surface area (Å²) < 4.78 is 9.69. The van der Waals surface area contributed by atoms with E-state index in [1.165, 1.54) is 6.33 Å². The molecule has 6 rings (SSSR count). The highest BCUT2D eigenvalue weighted by Gasteiger charge is 2.17. The number of benzene rings is 1. The van der Waals surface area contributed by atoms with Crippen molar-refractivity contribution in [1.29, 1.82) is 0 Å². The number of anilines is 3. The standard InChI is InChI=1S/C24H25N9O/c1-17-13-18(3-4-21(17)34-19-5-10-32-22(14-19)26-15-28-32)30-24-23-20(6-11-33(23)29-16-27-24)31-9-2-7-25-8-12-31/h3-6,10-11,13-16,25H,2,7-9,12H2,1H3,(H,27,29,30). The van der Waals surface area contributed by atoms with Gasteiger partial charge in [-0.15, -0.1) is 0 Å². The van der Waals surface area contributed by atoms with Crippen molar-refractivity contribution in [1.82, 2.24) is 34.5 Å². The predicted molar refractivity (Wildman–Crippen MR) is 130 cm³/mol. The maximum atomic E-state index is 6.11. The highest BCUT2D eigenvalue weighted by atomic mass is 16.5. The first-order valence-corrected chi connectivity index (χ1v) is 11.4. The molecule has 34 heavy (non-hydrogen) atoms. The molecule has 0 spiro atoms. The molecule has 1 fully saturated rings. The van der Waals surface area contributed by atoms with Gasteiger partial charge in [-0.25, -0.2) is 19.0 Å². The first kappa shape index (κ1) is 20.4. The SMILES string of the molecule is Cc1cc(Nc2ncnn3ccc(N4CCCNCC4)c23)ccc1Oc1ccn2ncnc2c1. The first-order valence-electron chi connectivity index (χ1n) is 11.4. The molecule has 10 nitrogen and oxygen atoms in total. The Kier molecular flexibility index (Phi) is 5.19. The maximum absolute atomic E-state index is 6.11. The summed E-state index contributed by atoms with van der Waals surface area (Å²) in [5.74, 6) is 2.27. The summed E-state index contributed by atoms with van der Waals surface area (Å²) in [7, 11) is 0. The third-order valence-corrected chi connectivity index (χ3v) is 6.03. The van der Waals surface area contributed by atoms with Crippen LogP contribution in [-0.4, -0.2) is 55.4 Å². The second-order valence-electron chi connectivity index (χ2n) is 8.33. The summed E-state index contributed by atoms with van der Waals surface area (Å²) >= 11 is 0. The van der Waals surface area contributed by atoms with Crippen molar-refractivity contribution in [3.8, 4) is 11.5 Å². The Labute approximate surface area is 196 Å². The number of hydrogen-bond donors (Lipinski definition) is 2. The molecule has 0 aliphatic carbocycles. The molecular weight excluding hydrogens is 430 g/mol. The van der Waals surface area contributed by atoms with Crippen LogP contribution < -0.4 is 20.3 Å². The lowest BCUT2D eigenvalue weighted by molar-refractivity contribution is 0.478. The maximum Gasteiger partial charge on any atom is 0.160 e. The van der Waals surface area contributed by atoms with E-state index in [2.05, 4.69) is 47.8 Å². The topological polar surface area (TPSA) is 96.9 Å². The van der Waals surface area contributed by atoms with Crippen LogP contribution in [0.4, 0.5) is 17.2 Å². The number of aromatic nitrogens is 6. The molecule has 1 aliphatic heterocycles. The highest BCUT2D eigenvalue weighted by molar-refractivity contribution is 5.86. The largest absolute Gasteiger partial charge is 0.457 e. The molecule has 4 aromatic heterocycles. The van der Waals surface area contributed by atoms with Gasteiger partial charge in [-0.1, -0.05) is 0 Å². The fourth-order valence-electron chi connectivity index (χ4n) is 4.34. The monoisotopic (exact) mass is 455 g/mol. The van der Waals surface area contributed by atoms with E-state index in [1.807, 2.05) is 48.1 Å². The minimum atomic E-state index is 0.714. The molecule has 172 valence electrons. The van der Waals surface area contributed by atoms with Gasteiger partial charge < -0.3 is 20.3 Å². The van der Waals surface area contributed by atoms with Crippen molar-refractivity contribution in [2.45, 2.75) is 13.3 Å². The zero-order chi connectivity index (χ0) is 22.9. The lowest BCUT2D eigenvalue weighted by Crippen LogP contribution is -2.27. The summed E-state index contributed by atoms with van der Waals surface area (Å²) in [6.07, 6.45) is 8.03. The molecule has 1 aromatic carbocycles. The van der Waals surface area contributed by atoms with Crippen molar-refractivity contribution in [2.24, 2.45) is 0 Å². The smallest absolute Gasteiger partial charge is 0.160 e. The normalized spacial score (nSPS) is 14.4. The van der Waals surface area contributed by atoms with Gasteiger partial charge in [0.05, 0.1) is 5.69 Å². The summed E-state index contributed by atoms with van der Waals surface area (Å²) in [6, 6.07) is 11.9. The Bertz CT molecular complexity index is 1450. The van der Waals surface area contributed by atoms with Crippen molar-refractivity contribution in [2.75, 3.05) is 36.4 Å². The van der Waals surface area contributed by atoms with Gasteiger partial charge in [0.15, 0.2) is 11.5 Å². The predicted octanol–water partition coefficient (Wildman–Crippen LogP) is 3.42. The minimum absolute atomic E-state index is 0.714. The van der Waals surface area contributed by atoms with E-state index in [-0.39, 0.29) is 0 Å². The second kappa shape index (κ2) is 8.64. The number of hydrogen-bond acceptors (Lipinski definition) is 8. The zero-order valence-electron chi connectivity index (χ0n) is 18.8. The molecular formula is C24H25N9O. The zero-order valence-corrected chi connectivity index (χ0v) is 18.8. The second-order valence-corrected chi connectivity index (χ2v) is 8.33. The number of fused-ring (bicyclic) bond motifs is 2. The van der Waals surface area contributed by atoms with Crippen LogP contribution in [-0.2, 0) is 0 Å². The van der Waals surface area contributed by atoms with Gasteiger partial charge in [0, 0.05) is 43.8 Å². The van der Waals surface area contributed by atoms with E-state index in [0.29, 0.717) is 5.75 Å². The van der Waals surface area contributed by atoms with Gasteiger partial charge >= 0.3 is 0 Å². The summed E-state index contributed by atoms with van der Waals surface area (Å²) in [6.45, 7) is 6.01. The number of aryl methyl sites for hydroxylation is 1. The number of nitrogens with zero attached hydrogens (tertiary/aromatic N) is 7. The average molecular weight is 456 g/mol. The van der Waals surface area contributed by atoms with Crippen molar-refractivity contribution in [3.63, 3.8) is 0 Å². The van der Waals surface area contributed by atoms with Crippen molar-refractivity contribution in [3.05, 3.63) is 67.0 Å². The molecule has 2 N–H and O–H groups in total. The van der Waals surface area contributed by atoms with Gasteiger partial charge in [0.1, 0.15) is 29.7 Å². The van der Waals surface area contributed by atoms with E-state index < -0.39 is 0 Å². The molecule has 0 radical (unpaired) electrons. The summed E-state index contributed by atoms with van der Waals surface area (Å²) in [5, 5.41) is 15.5. The lowest BCUT2D eigenvalue weighted by Gasteiger charge is -2.22. The fraction of sp³-hybridized carbons (Fsp3) is 0.250.